The summed E-state index contributed by atoms with van der Waals surface area (Å²) in [4.78, 5) is 26.7. The van der Waals surface area contributed by atoms with Crippen molar-refractivity contribution in [2.24, 2.45) is 0 Å². The van der Waals surface area contributed by atoms with Crippen molar-refractivity contribution in [2.75, 3.05) is 5.32 Å². The number of rotatable bonds is 4. The second-order valence-corrected chi connectivity index (χ2v) is 6.10. The predicted octanol–water partition coefficient (Wildman–Crippen LogP) is 2.95. The Morgan fingerprint density at radius 1 is 1.29 bits per heavy atom. The van der Waals surface area contributed by atoms with E-state index in [2.05, 4.69) is 31.3 Å². The second-order valence-electron chi connectivity index (χ2n) is 4.25. The maximum absolute atomic E-state index is 11.5. The summed E-state index contributed by atoms with van der Waals surface area (Å²) in [5.41, 5.74) is 1.10. The molecule has 0 radical (unpaired) electrons. The van der Waals surface area contributed by atoms with Crippen LogP contribution in [-0.2, 0) is 10.5 Å². The Bertz CT molecular complexity index is 669. The van der Waals surface area contributed by atoms with Gasteiger partial charge in [-0.05, 0) is 17.7 Å². The van der Waals surface area contributed by atoms with Gasteiger partial charge in [-0.25, -0.2) is 0 Å². The van der Waals surface area contributed by atoms with E-state index in [4.69, 9.17) is 0 Å². The van der Waals surface area contributed by atoms with Crippen LogP contribution in [0.3, 0.4) is 0 Å². The van der Waals surface area contributed by atoms with Crippen molar-refractivity contribution in [3.63, 3.8) is 0 Å². The van der Waals surface area contributed by atoms with E-state index in [9.17, 15) is 9.59 Å². The number of nitrogens with zero attached hydrogens (tertiary/aromatic N) is 3. The van der Waals surface area contributed by atoms with Crippen LogP contribution >= 0.6 is 27.7 Å². The first-order valence-corrected chi connectivity index (χ1v) is 7.86. The van der Waals surface area contributed by atoms with Crippen LogP contribution in [0.1, 0.15) is 24.2 Å². The SMILES string of the molecule is CC(=O)Nc1nc(SCc2ccc(Br)cc2)n(C(C)=O)n1. The minimum Gasteiger partial charge on any atom is -0.293 e. The molecular formula is C13H13BrN4O2S. The van der Waals surface area contributed by atoms with Gasteiger partial charge < -0.3 is 0 Å². The number of aromatic nitrogens is 3. The Labute approximate surface area is 134 Å². The largest absolute Gasteiger partial charge is 0.293 e. The summed E-state index contributed by atoms with van der Waals surface area (Å²) >= 11 is 4.76. The molecule has 0 aliphatic rings. The molecule has 8 heteroatoms. The molecule has 2 aromatic rings. The van der Waals surface area contributed by atoms with E-state index in [1.54, 1.807) is 0 Å². The number of thioether (sulfide) groups is 1. The number of carbonyl (C=O) groups excluding carboxylic acids is 2. The molecule has 1 amide bonds. The first-order chi connectivity index (χ1) is 9.95. The van der Waals surface area contributed by atoms with Gasteiger partial charge in [0.05, 0.1) is 0 Å². The first-order valence-electron chi connectivity index (χ1n) is 6.08. The number of benzene rings is 1. The number of carbonyl (C=O) groups is 2. The van der Waals surface area contributed by atoms with Crippen molar-refractivity contribution in [1.29, 1.82) is 0 Å². The minimum atomic E-state index is -0.278. The number of anilines is 1. The van der Waals surface area contributed by atoms with Crippen molar-refractivity contribution in [3.8, 4) is 0 Å². The van der Waals surface area contributed by atoms with Gasteiger partial charge in [0.2, 0.25) is 17.8 Å². The molecule has 21 heavy (non-hydrogen) atoms. The van der Waals surface area contributed by atoms with Crippen LogP contribution in [-0.4, -0.2) is 26.6 Å². The molecule has 0 saturated carbocycles. The van der Waals surface area contributed by atoms with E-state index >= 15 is 0 Å². The van der Waals surface area contributed by atoms with Gasteiger partial charge in [0.25, 0.3) is 0 Å². The third-order valence-corrected chi connectivity index (χ3v) is 3.97. The lowest BCUT2D eigenvalue weighted by Gasteiger charge is -2.02. The zero-order chi connectivity index (χ0) is 15.4. The highest BCUT2D eigenvalue weighted by atomic mass is 79.9. The van der Waals surface area contributed by atoms with Crippen LogP contribution in [0, 0.1) is 0 Å². The van der Waals surface area contributed by atoms with Gasteiger partial charge in [0.15, 0.2) is 5.16 Å². The molecule has 0 saturated heterocycles. The number of nitrogens with one attached hydrogen (secondary N) is 1. The summed E-state index contributed by atoms with van der Waals surface area (Å²) in [6, 6.07) is 7.88. The molecule has 6 nitrogen and oxygen atoms in total. The summed E-state index contributed by atoms with van der Waals surface area (Å²) in [7, 11) is 0. The van der Waals surface area contributed by atoms with Crippen LogP contribution in [0.15, 0.2) is 33.9 Å². The fourth-order valence-corrected chi connectivity index (χ4v) is 2.73. The third kappa shape index (κ3) is 4.40. The highest BCUT2D eigenvalue weighted by molar-refractivity contribution is 9.10. The molecule has 1 aromatic carbocycles. The molecular weight excluding hydrogens is 356 g/mol. The lowest BCUT2D eigenvalue weighted by Crippen LogP contribution is -2.11. The van der Waals surface area contributed by atoms with Gasteiger partial charge in [-0.3, -0.25) is 14.9 Å². The average Bonchev–Trinajstić information content (AvgIpc) is 2.80. The van der Waals surface area contributed by atoms with Crippen LogP contribution in [0.4, 0.5) is 5.95 Å². The maximum Gasteiger partial charge on any atom is 0.250 e. The van der Waals surface area contributed by atoms with Gasteiger partial charge in [-0.1, -0.05) is 39.8 Å². The third-order valence-electron chi connectivity index (χ3n) is 2.44. The molecule has 0 atom stereocenters. The molecule has 1 N–H and O–H groups in total. The topological polar surface area (TPSA) is 76.9 Å². The second kappa shape index (κ2) is 6.86. The van der Waals surface area contributed by atoms with Gasteiger partial charge in [-0.2, -0.15) is 9.67 Å². The fraction of sp³-hybridized carbons (Fsp3) is 0.231. The molecule has 2 rings (SSSR count). The number of hydrogen-bond acceptors (Lipinski definition) is 5. The van der Waals surface area contributed by atoms with Crippen molar-refractivity contribution in [2.45, 2.75) is 24.8 Å². The van der Waals surface area contributed by atoms with Gasteiger partial charge in [0, 0.05) is 24.1 Å². The monoisotopic (exact) mass is 368 g/mol. The highest BCUT2D eigenvalue weighted by Gasteiger charge is 2.14. The Morgan fingerprint density at radius 2 is 1.95 bits per heavy atom. The van der Waals surface area contributed by atoms with Gasteiger partial charge in [-0.15, -0.1) is 5.10 Å². The van der Waals surface area contributed by atoms with E-state index < -0.39 is 0 Å². The zero-order valence-electron chi connectivity index (χ0n) is 11.5. The Balaban J connectivity index is 2.14. The van der Waals surface area contributed by atoms with Crippen molar-refractivity contribution in [1.82, 2.24) is 14.8 Å². The van der Waals surface area contributed by atoms with Crippen molar-refractivity contribution < 1.29 is 9.59 Å². The van der Waals surface area contributed by atoms with Crippen molar-refractivity contribution >= 4 is 45.5 Å². The van der Waals surface area contributed by atoms with Crippen LogP contribution < -0.4 is 5.32 Å². The summed E-state index contributed by atoms with van der Waals surface area (Å²) in [6.07, 6.45) is 0. The zero-order valence-corrected chi connectivity index (χ0v) is 13.9. The van der Waals surface area contributed by atoms with E-state index in [1.807, 2.05) is 24.3 Å². The molecule has 0 fully saturated rings. The fourth-order valence-electron chi connectivity index (χ4n) is 1.54. The normalized spacial score (nSPS) is 10.4. The average molecular weight is 369 g/mol. The smallest absolute Gasteiger partial charge is 0.250 e. The Morgan fingerprint density at radius 3 is 2.52 bits per heavy atom. The van der Waals surface area contributed by atoms with Gasteiger partial charge >= 0.3 is 0 Å². The standard InChI is InChI=1S/C13H13BrN4O2S/c1-8(19)15-12-16-13(18(17-12)9(2)20)21-7-10-3-5-11(14)6-4-10/h3-6H,7H2,1-2H3,(H,15,17,19). The minimum absolute atomic E-state index is 0.135. The molecule has 110 valence electrons. The molecule has 0 aliphatic carbocycles. The molecule has 0 bridgehead atoms. The quantitative estimate of drug-likeness (QED) is 0.839. The predicted molar refractivity (Wildman–Crippen MR) is 84.3 cm³/mol. The number of halogens is 1. The van der Waals surface area contributed by atoms with E-state index in [0.717, 1.165) is 10.0 Å². The lowest BCUT2D eigenvalue weighted by molar-refractivity contribution is -0.114. The molecule has 1 heterocycles. The number of hydrogen-bond donors (Lipinski definition) is 1. The van der Waals surface area contributed by atoms with E-state index in [0.29, 0.717) is 10.9 Å². The van der Waals surface area contributed by atoms with Crippen LogP contribution in [0.5, 0.6) is 0 Å². The molecule has 0 aliphatic heterocycles. The van der Waals surface area contributed by atoms with Crippen LogP contribution in [0.2, 0.25) is 0 Å². The van der Waals surface area contributed by atoms with Gasteiger partial charge in [0.1, 0.15) is 0 Å². The Hall–Kier alpha value is -1.67. The number of amides is 1. The summed E-state index contributed by atoms with van der Waals surface area (Å²) in [5, 5.41) is 6.90. The Kier molecular flexibility index (Phi) is 5.13. The maximum atomic E-state index is 11.5. The molecule has 0 unspecified atom stereocenters. The summed E-state index contributed by atoms with van der Waals surface area (Å²) < 4.78 is 2.20. The molecule has 0 spiro atoms. The van der Waals surface area contributed by atoms with Crippen LogP contribution in [0.25, 0.3) is 0 Å². The molecule has 1 aromatic heterocycles. The van der Waals surface area contributed by atoms with E-state index in [1.165, 1.54) is 30.3 Å². The lowest BCUT2D eigenvalue weighted by atomic mass is 10.2. The summed E-state index contributed by atoms with van der Waals surface area (Å²) in [5.74, 6) is 0.257. The van der Waals surface area contributed by atoms with Crippen molar-refractivity contribution in [3.05, 3.63) is 34.3 Å². The highest BCUT2D eigenvalue weighted by Crippen LogP contribution is 2.23. The summed E-state index contributed by atoms with van der Waals surface area (Å²) in [6.45, 7) is 2.76. The van der Waals surface area contributed by atoms with E-state index in [-0.39, 0.29) is 17.8 Å². The first kappa shape index (κ1) is 15.7.